The van der Waals surface area contributed by atoms with Gasteiger partial charge in [-0.05, 0) is 24.5 Å². The number of nitrogens with zero attached hydrogens (tertiary/aromatic N) is 2. The molecule has 3 rings (SSSR count). The Labute approximate surface area is 120 Å². The van der Waals surface area contributed by atoms with Crippen molar-refractivity contribution in [3.05, 3.63) is 29.8 Å². The van der Waals surface area contributed by atoms with Crippen LogP contribution in [0.1, 0.15) is 24.8 Å². The van der Waals surface area contributed by atoms with Gasteiger partial charge in [0.1, 0.15) is 5.84 Å². The van der Waals surface area contributed by atoms with E-state index < -0.39 is 0 Å². The van der Waals surface area contributed by atoms with Gasteiger partial charge in [-0.25, -0.2) is 0 Å². The molecule has 2 aliphatic rings. The Morgan fingerprint density at radius 3 is 2.80 bits per heavy atom. The molecule has 0 aromatic heterocycles. The molecule has 4 heteroatoms. The quantitative estimate of drug-likeness (QED) is 0.919. The molecule has 4 nitrogen and oxygen atoms in total. The lowest BCUT2D eigenvalue weighted by Crippen LogP contribution is -2.35. The number of anilines is 1. The van der Waals surface area contributed by atoms with E-state index in [1.807, 2.05) is 0 Å². The van der Waals surface area contributed by atoms with Gasteiger partial charge in [0.2, 0.25) is 0 Å². The minimum absolute atomic E-state index is 0.850. The van der Waals surface area contributed by atoms with Crippen molar-refractivity contribution in [1.29, 1.82) is 0 Å². The first-order valence-corrected chi connectivity index (χ1v) is 7.60. The van der Waals surface area contributed by atoms with Crippen LogP contribution in [0, 0.1) is 0 Å². The van der Waals surface area contributed by atoms with Crippen molar-refractivity contribution in [1.82, 2.24) is 4.90 Å². The molecule has 1 fully saturated rings. The van der Waals surface area contributed by atoms with E-state index in [0.717, 1.165) is 51.6 Å². The van der Waals surface area contributed by atoms with E-state index in [-0.39, 0.29) is 0 Å². The third-order valence-electron chi connectivity index (χ3n) is 3.92. The number of morpholine rings is 1. The van der Waals surface area contributed by atoms with Crippen molar-refractivity contribution in [2.24, 2.45) is 4.99 Å². The smallest absolute Gasteiger partial charge is 0.101 e. The van der Waals surface area contributed by atoms with Crippen LogP contribution in [-0.4, -0.2) is 43.6 Å². The van der Waals surface area contributed by atoms with Crippen molar-refractivity contribution in [2.75, 3.05) is 38.2 Å². The Balaban J connectivity index is 1.68. The summed E-state index contributed by atoms with van der Waals surface area (Å²) < 4.78 is 5.41. The number of hydrogen-bond donors (Lipinski definition) is 1. The van der Waals surface area contributed by atoms with E-state index in [1.165, 1.54) is 24.1 Å². The highest BCUT2D eigenvalue weighted by molar-refractivity contribution is 5.96. The summed E-state index contributed by atoms with van der Waals surface area (Å²) in [6, 6.07) is 8.58. The second-order valence-electron chi connectivity index (χ2n) is 5.46. The monoisotopic (exact) mass is 273 g/mol. The molecular weight excluding hydrogens is 250 g/mol. The molecule has 0 amide bonds. The maximum absolute atomic E-state index is 5.41. The second-order valence-corrected chi connectivity index (χ2v) is 5.46. The molecule has 0 bridgehead atoms. The molecule has 108 valence electrons. The molecule has 1 saturated heterocycles. The molecule has 2 aliphatic heterocycles. The lowest BCUT2D eigenvalue weighted by molar-refractivity contribution is 0.0343. The highest BCUT2D eigenvalue weighted by atomic mass is 16.5. The Bertz CT molecular complexity index is 467. The van der Waals surface area contributed by atoms with E-state index >= 15 is 0 Å². The number of nitrogens with one attached hydrogen (secondary N) is 1. The van der Waals surface area contributed by atoms with Crippen LogP contribution in [0.3, 0.4) is 0 Å². The van der Waals surface area contributed by atoms with Crippen LogP contribution >= 0.6 is 0 Å². The molecule has 0 aliphatic carbocycles. The van der Waals surface area contributed by atoms with Gasteiger partial charge in [0.15, 0.2) is 0 Å². The molecular formula is C16H23N3O. The molecule has 1 aromatic rings. The van der Waals surface area contributed by atoms with Crippen LogP contribution in [0.2, 0.25) is 0 Å². The lowest BCUT2D eigenvalue weighted by atomic mass is 10.1. The van der Waals surface area contributed by atoms with E-state index in [9.17, 15) is 0 Å². The first-order chi connectivity index (χ1) is 9.92. The zero-order valence-corrected chi connectivity index (χ0v) is 12.0. The molecule has 20 heavy (non-hydrogen) atoms. The maximum atomic E-state index is 5.41. The summed E-state index contributed by atoms with van der Waals surface area (Å²) in [6.45, 7) is 5.70. The highest BCUT2D eigenvalue weighted by Gasteiger charge is 2.13. The predicted octanol–water partition coefficient (Wildman–Crippen LogP) is 2.51. The average molecular weight is 273 g/mol. The Kier molecular flexibility index (Phi) is 4.66. The summed E-state index contributed by atoms with van der Waals surface area (Å²) >= 11 is 0. The standard InChI is InChI=1S/C16H23N3O/c1-2-6-15(18-16-7-3-4-8-17-16)14(5-1)13-19-9-11-20-12-10-19/h1-2,5-6H,3-4,7-13H2,(H,17,18). The number of rotatable bonds is 3. The zero-order valence-electron chi connectivity index (χ0n) is 12.0. The first kappa shape index (κ1) is 13.6. The van der Waals surface area contributed by atoms with Crippen molar-refractivity contribution in [3.8, 4) is 0 Å². The van der Waals surface area contributed by atoms with Crippen LogP contribution < -0.4 is 5.32 Å². The third-order valence-corrected chi connectivity index (χ3v) is 3.92. The first-order valence-electron chi connectivity index (χ1n) is 7.60. The van der Waals surface area contributed by atoms with Gasteiger partial charge in [-0.2, -0.15) is 0 Å². The van der Waals surface area contributed by atoms with E-state index in [0.29, 0.717) is 0 Å². The fourth-order valence-electron chi connectivity index (χ4n) is 2.74. The van der Waals surface area contributed by atoms with Crippen molar-refractivity contribution in [3.63, 3.8) is 0 Å². The Hall–Kier alpha value is -1.39. The average Bonchev–Trinajstić information content (AvgIpc) is 2.51. The molecule has 0 atom stereocenters. The Morgan fingerprint density at radius 2 is 2.00 bits per heavy atom. The summed E-state index contributed by atoms with van der Waals surface area (Å²) in [7, 11) is 0. The normalized spacial score (nSPS) is 20.5. The number of hydrogen-bond acceptors (Lipinski definition) is 4. The van der Waals surface area contributed by atoms with Gasteiger partial charge in [0.05, 0.1) is 13.2 Å². The lowest BCUT2D eigenvalue weighted by Gasteiger charge is -2.27. The van der Waals surface area contributed by atoms with Crippen LogP contribution in [0.25, 0.3) is 0 Å². The largest absolute Gasteiger partial charge is 0.379 e. The number of aliphatic imine (C=N–C) groups is 1. The van der Waals surface area contributed by atoms with Crippen molar-refractivity contribution < 1.29 is 4.74 Å². The molecule has 0 radical (unpaired) electrons. The van der Waals surface area contributed by atoms with Gasteiger partial charge in [0.25, 0.3) is 0 Å². The zero-order chi connectivity index (χ0) is 13.6. The third kappa shape index (κ3) is 3.58. The fourth-order valence-corrected chi connectivity index (χ4v) is 2.74. The molecule has 0 saturated carbocycles. The summed E-state index contributed by atoms with van der Waals surface area (Å²) in [4.78, 5) is 7.04. The SMILES string of the molecule is c1ccc(NC2=NCCCC2)c(CN2CCOCC2)c1. The molecule has 1 N–H and O–H groups in total. The van der Waals surface area contributed by atoms with Crippen LogP contribution in [0.4, 0.5) is 5.69 Å². The van der Waals surface area contributed by atoms with Crippen molar-refractivity contribution >= 4 is 11.5 Å². The molecule has 1 aromatic carbocycles. The van der Waals surface area contributed by atoms with E-state index in [4.69, 9.17) is 4.74 Å². The van der Waals surface area contributed by atoms with Gasteiger partial charge in [-0.1, -0.05) is 18.2 Å². The van der Waals surface area contributed by atoms with Crippen LogP contribution in [0.5, 0.6) is 0 Å². The molecule has 0 unspecified atom stereocenters. The Morgan fingerprint density at radius 1 is 1.15 bits per heavy atom. The van der Waals surface area contributed by atoms with E-state index in [2.05, 4.69) is 39.5 Å². The summed E-state index contributed by atoms with van der Waals surface area (Å²) in [5, 5.41) is 3.53. The molecule has 0 spiro atoms. The number of benzene rings is 1. The minimum Gasteiger partial charge on any atom is -0.379 e. The number of amidine groups is 1. The summed E-state index contributed by atoms with van der Waals surface area (Å²) in [6.07, 6.45) is 3.55. The van der Waals surface area contributed by atoms with Gasteiger partial charge < -0.3 is 10.1 Å². The van der Waals surface area contributed by atoms with Crippen LogP contribution in [0.15, 0.2) is 29.3 Å². The van der Waals surface area contributed by atoms with Crippen LogP contribution in [-0.2, 0) is 11.3 Å². The predicted molar refractivity (Wildman–Crippen MR) is 82.3 cm³/mol. The van der Waals surface area contributed by atoms with Gasteiger partial charge in [0, 0.05) is 38.3 Å². The van der Waals surface area contributed by atoms with Gasteiger partial charge >= 0.3 is 0 Å². The minimum atomic E-state index is 0.850. The molecule has 2 heterocycles. The van der Waals surface area contributed by atoms with Gasteiger partial charge in [-0.15, -0.1) is 0 Å². The summed E-state index contributed by atoms with van der Waals surface area (Å²) in [5.41, 5.74) is 2.56. The number of para-hydroxylation sites is 1. The van der Waals surface area contributed by atoms with Gasteiger partial charge in [-0.3, -0.25) is 9.89 Å². The second kappa shape index (κ2) is 6.86. The fraction of sp³-hybridized carbons (Fsp3) is 0.562. The maximum Gasteiger partial charge on any atom is 0.101 e. The van der Waals surface area contributed by atoms with Crippen molar-refractivity contribution in [2.45, 2.75) is 25.8 Å². The topological polar surface area (TPSA) is 36.9 Å². The van der Waals surface area contributed by atoms with E-state index in [1.54, 1.807) is 0 Å². The summed E-state index contributed by atoms with van der Waals surface area (Å²) in [5.74, 6) is 1.14. The highest BCUT2D eigenvalue weighted by Crippen LogP contribution is 2.19. The number of ether oxygens (including phenoxy) is 1.